The van der Waals surface area contributed by atoms with E-state index < -0.39 is 11.9 Å². The van der Waals surface area contributed by atoms with Gasteiger partial charge in [-0.15, -0.1) is 0 Å². The molecule has 0 aliphatic rings. The van der Waals surface area contributed by atoms with Gasteiger partial charge in [-0.05, 0) is 31.9 Å². The van der Waals surface area contributed by atoms with Crippen molar-refractivity contribution in [2.45, 2.75) is 44.8 Å². The van der Waals surface area contributed by atoms with Crippen molar-refractivity contribution in [2.75, 3.05) is 12.3 Å². The summed E-state index contributed by atoms with van der Waals surface area (Å²) in [5, 5.41) is 5.89. The van der Waals surface area contributed by atoms with E-state index in [1.54, 1.807) is 16.7 Å². The number of imide groups is 1. The average Bonchev–Trinajstić information content (AvgIpc) is 2.64. The normalized spacial score (nSPS) is 12.0. The second-order valence-corrected chi connectivity index (χ2v) is 6.88. The lowest BCUT2D eigenvalue weighted by Crippen LogP contribution is -2.40. The van der Waals surface area contributed by atoms with Crippen molar-refractivity contribution in [2.24, 2.45) is 0 Å². The van der Waals surface area contributed by atoms with E-state index in [0.29, 0.717) is 22.6 Å². The van der Waals surface area contributed by atoms with Crippen molar-refractivity contribution in [3.05, 3.63) is 34.6 Å². The first kappa shape index (κ1) is 20.0. The molecule has 0 fully saturated rings. The van der Waals surface area contributed by atoms with Crippen molar-refractivity contribution in [3.8, 4) is 0 Å². The van der Waals surface area contributed by atoms with Gasteiger partial charge in [-0.1, -0.05) is 37.7 Å². The number of hydrogen-bond donors (Lipinski definition) is 2. The van der Waals surface area contributed by atoms with E-state index >= 15 is 0 Å². The van der Waals surface area contributed by atoms with Crippen molar-refractivity contribution < 1.29 is 9.59 Å². The molecule has 2 aromatic rings. The number of carbonyl (C=O) groups excluding carboxylic acids is 2. The fourth-order valence-corrected chi connectivity index (χ4v) is 3.27. The highest BCUT2D eigenvalue weighted by molar-refractivity contribution is 7.99. The number of carbonyl (C=O) groups is 2. The minimum Gasteiger partial charge on any atom is -0.338 e. The van der Waals surface area contributed by atoms with Gasteiger partial charge in [0.05, 0.1) is 16.7 Å². The Morgan fingerprint density at radius 2 is 2.00 bits per heavy atom. The molecule has 3 amide bonds. The van der Waals surface area contributed by atoms with Crippen LogP contribution in [0.4, 0.5) is 4.79 Å². The summed E-state index contributed by atoms with van der Waals surface area (Å²) >= 11 is 1.15. The van der Waals surface area contributed by atoms with Crippen LogP contribution in [-0.4, -0.2) is 33.8 Å². The Balaban J connectivity index is 2.21. The topological polar surface area (TPSA) is 93.1 Å². The highest BCUT2D eigenvalue weighted by atomic mass is 32.2. The molecule has 0 saturated heterocycles. The summed E-state index contributed by atoms with van der Waals surface area (Å²) in [6, 6.07) is 6.60. The fourth-order valence-electron chi connectivity index (χ4n) is 2.37. The number of nitrogens with one attached hydrogen (secondary N) is 2. The lowest BCUT2D eigenvalue weighted by molar-refractivity contribution is -0.117. The maximum Gasteiger partial charge on any atom is 0.321 e. The molecule has 7 nitrogen and oxygen atoms in total. The molecule has 8 heteroatoms. The zero-order valence-electron chi connectivity index (χ0n) is 15.2. The van der Waals surface area contributed by atoms with Gasteiger partial charge >= 0.3 is 6.03 Å². The molecule has 0 aliphatic carbocycles. The Hall–Kier alpha value is -2.35. The zero-order chi connectivity index (χ0) is 19.1. The molecule has 0 bridgehead atoms. The molecule has 0 saturated carbocycles. The third kappa shape index (κ3) is 4.85. The molecule has 0 radical (unpaired) electrons. The monoisotopic (exact) mass is 376 g/mol. The van der Waals surface area contributed by atoms with E-state index in [1.165, 1.54) is 0 Å². The number of para-hydroxylation sites is 1. The van der Waals surface area contributed by atoms with E-state index in [9.17, 15) is 14.4 Å². The predicted octanol–water partition coefficient (Wildman–Crippen LogP) is 2.70. The first-order valence-electron chi connectivity index (χ1n) is 8.69. The van der Waals surface area contributed by atoms with Crippen LogP contribution in [0.5, 0.6) is 0 Å². The van der Waals surface area contributed by atoms with E-state index in [1.807, 2.05) is 32.9 Å². The first-order valence-corrected chi connectivity index (χ1v) is 9.68. The third-order valence-electron chi connectivity index (χ3n) is 3.93. The number of urea groups is 1. The van der Waals surface area contributed by atoms with Gasteiger partial charge in [0.2, 0.25) is 5.91 Å². The Morgan fingerprint density at radius 1 is 1.27 bits per heavy atom. The minimum absolute atomic E-state index is 0.000753. The molecule has 1 atom stereocenters. The number of thioether (sulfide) groups is 1. The molecule has 2 N–H and O–H groups in total. The van der Waals surface area contributed by atoms with Crippen molar-refractivity contribution in [1.82, 2.24) is 20.2 Å². The SMILES string of the molecule is CCCNC(=O)NC(=O)CSc1nc2ccccc2c(=O)n1[C@H](C)CC. The van der Waals surface area contributed by atoms with Crippen LogP contribution in [-0.2, 0) is 4.79 Å². The second-order valence-electron chi connectivity index (χ2n) is 5.94. The van der Waals surface area contributed by atoms with Crippen LogP contribution in [0.25, 0.3) is 10.9 Å². The lowest BCUT2D eigenvalue weighted by atomic mass is 10.2. The average molecular weight is 376 g/mol. The second kappa shape index (κ2) is 9.38. The van der Waals surface area contributed by atoms with Gasteiger partial charge in [0.15, 0.2) is 5.16 Å². The summed E-state index contributed by atoms with van der Waals surface area (Å²) in [5.41, 5.74) is 0.481. The van der Waals surface area contributed by atoms with Crippen LogP contribution >= 0.6 is 11.8 Å². The maximum atomic E-state index is 12.8. The van der Waals surface area contributed by atoms with Gasteiger partial charge in [0.25, 0.3) is 5.56 Å². The molecule has 0 unspecified atom stereocenters. The van der Waals surface area contributed by atoms with Gasteiger partial charge in [-0.3, -0.25) is 19.5 Å². The van der Waals surface area contributed by atoms with Crippen LogP contribution in [0.3, 0.4) is 0 Å². The molecule has 1 aromatic carbocycles. The van der Waals surface area contributed by atoms with Crippen molar-refractivity contribution in [3.63, 3.8) is 0 Å². The molecular weight excluding hydrogens is 352 g/mol. The number of aromatic nitrogens is 2. The van der Waals surface area contributed by atoms with Crippen LogP contribution < -0.4 is 16.2 Å². The molecule has 2 rings (SSSR count). The number of fused-ring (bicyclic) bond motifs is 1. The number of benzene rings is 1. The Kier molecular flexibility index (Phi) is 7.20. The Bertz CT molecular complexity index is 850. The summed E-state index contributed by atoms with van der Waals surface area (Å²) in [7, 11) is 0. The number of nitrogens with zero attached hydrogens (tertiary/aromatic N) is 2. The summed E-state index contributed by atoms with van der Waals surface area (Å²) < 4.78 is 1.62. The largest absolute Gasteiger partial charge is 0.338 e. The molecule has 0 spiro atoms. The third-order valence-corrected chi connectivity index (χ3v) is 4.88. The quantitative estimate of drug-likeness (QED) is 0.572. The molecular formula is C18H24N4O3S. The lowest BCUT2D eigenvalue weighted by Gasteiger charge is -2.18. The van der Waals surface area contributed by atoms with Crippen LogP contribution in [0.15, 0.2) is 34.2 Å². The highest BCUT2D eigenvalue weighted by Crippen LogP contribution is 2.22. The van der Waals surface area contributed by atoms with Gasteiger partial charge in [-0.2, -0.15) is 0 Å². The van der Waals surface area contributed by atoms with Crippen LogP contribution in [0.2, 0.25) is 0 Å². The maximum absolute atomic E-state index is 12.8. The smallest absolute Gasteiger partial charge is 0.321 e. The van der Waals surface area contributed by atoms with E-state index in [0.717, 1.165) is 24.6 Å². The number of rotatable bonds is 7. The Labute approximate surface area is 156 Å². The Morgan fingerprint density at radius 3 is 2.69 bits per heavy atom. The van der Waals surface area contributed by atoms with Crippen LogP contribution in [0, 0.1) is 0 Å². The molecule has 0 aliphatic heterocycles. The van der Waals surface area contributed by atoms with Gasteiger partial charge < -0.3 is 5.32 Å². The standard InChI is InChI=1S/C18H24N4O3S/c1-4-10-19-17(25)21-15(23)11-26-18-20-14-9-7-6-8-13(14)16(24)22(18)12(3)5-2/h6-9,12H,4-5,10-11H2,1-3H3,(H2,19,21,23,25)/t12-/m1/s1. The van der Waals surface area contributed by atoms with Gasteiger partial charge in [0, 0.05) is 12.6 Å². The van der Waals surface area contributed by atoms with E-state index in [4.69, 9.17) is 0 Å². The fraction of sp³-hybridized carbons (Fsp3) is 0.444. The van der Waals surface area contributed by atoms with Crippen molar-refractivity contribution in [1.29, 1.82) is 0 Å². The number of hydrogen-bond acceptors (Lipinski definition) is 5. The van der Waals surface area contributed by atoms with E-state index in [-0.39, 0.29) is 17.4 Å². The first-order chi connectivity index (χ1) is 12.5. The predicted molar refractivity (Wildman–Crippen MR) is 104 cm³/mol. The molecule has 1 heterocycles. The van der Waals surface area contributed by atoms with E-state index in [2.05, 4.69) is 15.6 Å². The summed E-state index contributed by atoms with van der Waals surface area (Å²) in [6.45, 7) is 6.37. The molecule has 1 aromatic heterocycles. The summed E-state index contributed by atoms with van der Waals surface area (Å²) in [4.78, 5) is 40.9. The highest BCUT2D eigenvalue weighted by Gasteiger charge is 2.17. The van der Waals surface area contributed by atoms with Crippen molar-refractivity contribution >= 4 is 34.6 Å². The zero-order valence-corrected chi connectivity index (χ0v) is 16.1. The summed E-state index contributed by atoms with van der Waals surface area (Å²) in [6.07, 6.45) is 1.55. The van der Waals surface area contributed by atoms with Gasteiger partial charge in [-0.25, -0.2) is 9.78 Å². The molecule has 140 valence electrons. The van der Waals surface area contributed by atoms with Gasteiger partial charge in [0.1, 0.15) is 0 Å². The van der Waals surface area contributed by atoms with Crippen LogP contribution in [0.1, 0.15) is 39.7 Å². The molecule has 26 heavy (non-hydrogen) atoms. The summed E-state index contributed by atoms with van der Waals surface area (Å²) in [5.74, 6) is -0.428. The number of amides is 3. The minimum atomic E-state index is -0.511.